The molecule has 106 valence electrons. The molecule has 1 aromatic rings. The molecule has 0 atom stereocenters. The minimum absolute atomic E-state index is 0.109. The summed E-state index contributed by atoms with van der Waals surface area (Å²) in [6.07, 6.45) is 5.10. The molecule has 0 fully saturated rings. The lowest BCUT2D eigenvalue weighted by Gasteiger charge is -2.18. The standard InChI is InChI=1S/C13H13ClN2O4/c1-3-6-16(8-12(17)18)13(19)15-9-4-5-11(20-2)10(14)7-9/h1,4-5,7H,6,8H2,2H3,(H,15,19)(H,17,18). The van der Waals surface area contributed by atoms with Crippen molar-refractivity contribution in [2.75, 3.05) is 25.5 Å². The fourth-order valence-electron chi connectivity index (χ4n) is 1.42. The van der Waals surface area contributed by atoms with Crippen LogP contribution in [0.4, 0.5) is 10.5 Å². The number of anilines is 1. The first-order chi connectivity index (χ1) is 9.47. The van der Waals surface area contributed by atoms with Crippen LogP contribution < -0.4 is 10.1 Å². The van der Waals surface area contributed by atoms with Gasteiger partial charge in [0.25, 0.3) is 0 Å². The summed E-state index contributed by atoms with van der Waals surface area (Å²) in [5, 5.41) is 11.5. The topological polar surface area (TPSA) is 78.9 Å². The number of methoxy groups -OCH3 is 1. The summed E-state index contributed by atoms with van der Waals surface area (Å²) >= 11 is 5.92. The molecular weight excluding hydrogens is 284 g/mol. The van der Waals surface area contributed by atoms with Crippen molar-refractivity contribution in [2.24, 2.45) is 0 Å². The fourth-order valence-corrected chi connectivity index (χ4v) is 1.68. The lowest BCUT2D eigenvalue weighted by Crippen LogP contribution is -2.39. The van der Waals surface area contributed by atoms with Gasteiger partial charge in [-0.25, -0.2) is 4.79 Å². The maximum atomic E-state index is 11.9. The van der Waals surface area contributed by atoms with Gasteiger partial charge in [-0.2, -0.15) is 0 Å². The van der Waals surface area contributed by atoms with Gasteiger partial charge in [0, 0.05) is 5.69 Å². The van der Waals surface area contributed by atoms with E-state index < -0.39 is 18.5 Å². The van der Waals surface area contributed by atoms with Crippen molar-refractivity contribution in [1.29, 1.82) is 0 Å². The van der Waals surface area contributed by atoms with Gasteiger partial charge in [-0.1, -0.05) is 17.5 Å². The third kappa shape index (κ3) is 4.37. The molecule has 0 saturated carbocycles. The Morgan fingerprint density at radius 2 is 2.25 bits per heavy atom. The Bertz CT molecular complexity index is 554. The van der Waals surface area contributed by atoms with E-state index >= 15 is 0 Å². The lowest BCUT2D eigenvalue weighted by molar-refractivity contribution is -0.137. The van der Waals surface area contributed by atoms with Gasteiger partial charge < -0.3 is 20.1 Å². The van der Waals surface area contributed by atoms with Crippen molar-refractivity contribution in [1.82, 2.24) is 4.90 Å². The van der Waals surface area contributed by atoms with Crippen molar-refractivity contribution in [3.63, 3.8) is 0 Å². The maximum Gasteiger partial charge on any atom is 0.323 e. The molecule has 20 heavy (non-hydrogen) atoms. The fraction of sp³-hybridized carbons (Fsp3) is 0.231. The highest BCUT2D eigenvalue weighted by molar-refractivity contribution is 6.32. The highest BCUT2D eigenvalue weighted by atomic mass is 35.5. The summed E-state index contributed by atoms with van der Waals surface area (Å²) in [6.45, 7) is -0.595. The van der Waals surface area contributed by atoms with Crippen molar-refractivity contribution in [3.05, 3.63) is 23.2 Å². The summed E-state index contributed by atoms with van der Waals surface area (Å²) in [4.78, 5) is 23.5. The molecule has 1 rings (SSSR count). The molecule has 6 nitrogen and oxygen atoms in total. The number of urea groups is 1. The maximum absolute atomic E-state index is 11.9. The Hall–Kier alpha value is -2.39. The Morgan fingerprint density at radius 1 is 1.55 bits per heavy atom. The third-order valence-electron chi connectivity index (χ3n) is 2.30. The van der Waals surface area contributed by atoms with E-state index in [9.17, 15) is 9.59 Å². The van der Waals surface area contributed by atoms with Crippen molar-refractivity contribution < 1.29 is 19.4 Å². The van der Waals surface area contributed by atoms with Gasteiger partial charge in [-0.05, 0) is 18.2 Å². The highest BCUT2D eigenvalue weighted by Gasteiger charge is 2.16. The van der Waals surface area contributed by atoms with E-state index in [1.807, 2.05) is 0 Å². The van der Waals surface area contributed by atoms with Gasteiger partial charge in [0.1, 0.15) is 12.3 Å². The number of carbonyl (C=O) groups is 2. The number of halogens is 1. The molecule has 1 aromatic carbocycles. The monoisotopic (exact) mass is 296 g/mol. The van der Waals surface area contributed by atoms with Crippen LogP contribution in [0.1, 0.15) is 0 Å². The zero-order valence-electron chi connectivity index (χ0n) is 10.7. The number of carboxylic acid groups (broad SMARTS) is 1. The number of aliphatic carboxylic acids is 1. The van der Waals surface area contributed by atoms with Crippen LogP contribution in [-0.4, -0.2) is 42.2 Å². The van der Waals surface area contributed by atoms with E-state index in [1.165, 1.54) is 13.2 Å². The molecule has 0 spiro atoms. The molecule has 0 aromatic heterocycles. The highest BCUT2D eigenvalue weighted by Crippen LogP contribution is 2.27. The van der Waals surface area contributed by atoms with E-state index in [1.54, 1.807) is 12.1 Å². The van der Waals surface area contributed by atoms with E-state index in [-0.39, 0.29) is 6.54 Å². The van der Waals surface area contributed by atoms with Crippen LogP contribution in [0.3, 0.4) is 0 Å². The van der Waals surface area contributed by atoms with E-state index in [4.69, 9.17) is 27.9 Å². The first-order valence-corrected chi connectivity index (χ1v) is 5.90. The van der Waals surface area contributed by atoms with Crippen molar-refractivity contribution in [3.8, 4) is 18.1 Å². The molecule has 7 heteroatoms. The number of hydrogen-bond donors (Lipinski definition) is 2. The predicted octanol–water partition coefficient (Wildman–Crippen LogP) is 1.90. The summed E-state index contributed by atoms with van der Waals surface area (Å²) in [7, 11) is 1.47. The van der Waals surface area contributed by atoms with Gasteiger partial charge in [-0.15, -0.1) is 6.42 Å². The predicted molar refractivity (Wildman–Crippen MR) is 75.1 cm³/mol. The zero-order chi connectivity index (χ0) is 15.1. The average molecular weight is 297 g/mol. The number of terminal acetylenes is 1. The molecule has 0 aliphatic heterocycles. The molecule has 0 bridgehead atoms. The van der Waals surface area contributed by atoms with Gasteiger partial charge in [0.15, 0.2) is 0 Å². The van der Waals surface area contributed by atoms with E-state index in [0.29, 0.717) is 16.5 Å². The molecule has 2 amide bonds. The summed E-state index contributed by atoms with van der Waals surface area (Å²) in [6, 6.07) is 4.04. The number of benzene rings is 1. The Kier molecular flexibility index (Phi) is 5.69. The average Bonchev–Trinajstić information content (AvgIpc) is 2.38. The molecule has 0 saturated heterocycles. The van der Waals surface area contributed by atoms with Crippen LogP contribution >= 0.6 is 11.6 Å². The van der Waals surface area contributed by atoms with Crippen molar-refractivity contribution >= 4 is 29.3 Å². The smallest absolute Gasteiger partial charge is 0.323 e. The first-order valence-electron chi connectivity index (χ1n) is 5.52. The number of rotatable bonds is 5. The van der Waals surface area contributed by atoms with Crippen LogP contribution in [-0.2, 0) is 4.79 Å². The first kappa shape index (κ1) is 15.7. The van der Waals surface area contributed by atoms with Crippen molar-refractivity contribution in [2.45, 2.75) is 0 Å². The summed E-state index contributed by atoms with van der Waals surface area (Å²) in [5.74, 6) is 1.54. The van der Waals surface area contributed by atoms with E-state index in [2.05, 4.69) is 11.2 Å². The van der Waals surface area contributed by atoms with Gasteiger partial charge in [0.2, 0.25) is 0 Å². The molecule has 2 N–H and O–H groups in total. The lowest BCUT2D eigenvalue weighted by atomic mass is 10.3. The van der Waals surface area contributed by atoms with Crippen LogP contribution in [0.25, 0.3) is 0 Å². The molecule has 0 aliphatic rings. The minimum Gasteiger partial charge on any atom is -0.495 e. The number of amides is 2. The Morgan fingerprint density at radius 3 is 2.75 bits per heavy atom. The minimum atomic E-state index is -1.15. The normalized spacial score (nSPS) is 9.45. The van der Waals surface area contributed by atoms with Crippen LogP contribution in [0.5, 0.6) is 5.75 Å². The number of nitrogens with one attached hydrogen (secondary N) is 1. The summed E-state index contributed by atoms with van der Waals surface area (Å²) in [5.41, 5.74) is 0.410. The molecular formula is C13H13ClN2O4. The van der Waals surface area contributed by atoms with E-state index in [0.717, 1.165) is 4.90 Å². The number of carbonyl (C=O) groups excluding carboxylic acids is 1. The Balaban J connectivity index is 2.80. The number of ether oxygens (including phenoxy) is 1. The molecule has 0 heterocycles. The van der Waals surface area contributed by atoms with Crippen LogP contribution in [0.15, 0.2) is 18.2 Å². The second kappa shape index (κ2) is 7.26. The van der Waals surface area contributed by atoms with Crippen LogP contribution in [0.2, 0.25) is 5.02 Å². The second-order valence-electron chi connectivity index (χ2n) is 3.73. The molecule has 0 radical (unpaired) electrons. The number of nitrogens with zero attached hydrogens (tertiary/aromatic N) is 1. The SMILES string of the molecule is C#CCN(CC(=O)O)C(=O)Nc1ccc(OC)c(Cl)c1. The molecule has 0 aliphatic carbocycles. The quantitative estimate of drug-likeness (QED) is 0.813. The largest absolute Gasteiger partial charge is 0.495 e. The van der Waals surface area contributed by atoms with Gasteiger partial charge in [-0.3, -0.25) is 4.79 Å². The second-order valence-corrected chi connectivity index (χ2v) is 4.14. The zero-order valence-corrected chi connectivity index (χ0v) is 11.5. The van der Waals surface area contributed by atoms with Gasteiger partial charge in [0.05, 0.1) is 18.7 Å². The number of hydrogen-bond acceptors (Lipinski definition) is 3. The molecule has 0 unspecified atom stereocenters. The van der Waals surface area contributed by atoms with Crippen LogP contribution in [0, 0.1) is 12.3 Å². The Labute approximate surface area is 121 Å². The van der Waals surface area contributed by atoms with Gasteiger partial charge >= 0.3 is 12.0 Å². The summed E-state index contributed by atoms with van der Waals surface area (Å²) < 4.78 is 4.98. The number of carboxylic acids is 1. The third-order valence-corrected chi connectivity index (χ3v) is 2.59.